The number of likely N-dealkylation sites (N-methyl/N-ethyl adjacent to an activating group) is 2. The Morgan fingerprint density at radius 1 is 1.00 bits per heavy atom. The summed E-state index contributed by atoms with van der Waals surface area (Å²) >= 11 is 1.64. The van der Waals surface area contributed by atoms with Gasteiger partial charge in [-0.25, -0.2) is 4.98 Å². The molecule has 1 aliphatic rings. The van der Waals surface area contributed by atoms with E-state index in [2.05, 4.69) is 0 Å². The summed E-state index contributed by atoms with van der Waals surface area (Å²) in [5, 5.41) is 0.771. The van der Waals surface area contributed by atoms with Gasteiger partial charge in [-0.3, -0.25) is 19.4 Å². The number of aromatic nitrogens is 1. The Labute approximate surface area is 170 Å². The number of carbonyl (C=O) groups excluding carboxylic acids is 2. The molecule has 0 spiro atoms. The van der Waals surface area contributed by atoms with E-state index in [4.69, 9.17) is 4.98 Å². The van der Waals surface area contributed by atoms with Crippen molar-refractivity contribution in [1.82, 2.24) is 14.8 Å². The molecule has 3 rings (SSSR count). The fourth-order valence-corrected chi connectivity index (χ4v) is 4.39. The maximum Gasteiger partial charge on any atom is 0.243 e. The molecule has 28 heavy (non-hydrogen) atoms. The average molecular weight is 401 g/mol. The Morgan fingerprint density at radius 2 is 1.68 bits per heavy atom. The van der Waals surface area contributed by atoms with Crippen LogP contribution < -0.4 is 4.90 Å². The van der Waals surface area contributed by atoms with Gasteiger partial charge in [0.2, 0.25) is 11.8 Å². The van der Waals surface area contributed by atoms with Gasteiger partial charge in [-0.05, 0) is 38.3 Å². The fraction of sp³-hybridized carbons (Fsp3) is 0.476. The zero-order chi connectivity index (χ0) is 20.1. The quantitative estimate of drug-likeness (QED) is 0.717. The van der Waals surface area contributed by atoms with Crippen LogP contribution in [0.1, 0.15) is 29.0 Å². The van der Waals surface area contributed by atoms with Crippen LogP contribution in [0.5, 0.6) is 0 Å². The van der Waals surface area contributed by atoms with Gasteiger partial charge in [-0.15, -0.1) is 11.3 Å². The molecule has 6 nitrogen and oxygen atoms in total. The van der Waals surface area contributed by atoms with Gasteiger partial charge in [0.1, 0.15) is 0 Å². The second kappa shape index (κ2) is 9.30. The van der Waals surface area contributed by atoms with Gasteiger partial charge in [0.25, 0.3) is 0 Å². The number of rotatable bonds is 7. The van der Waals surface area contributed by atoms with Gasteiger partial charge in [0, 0.05) is 19.0 Å². The van der Waals surface area contributed by atoms with E-state index in [-0.39, 0.29) is 24.9 Å². The highest BCUT2D eigenvalue weighted by Crippen LogP contribution is 2.32. The van der Waals surface area contributed by atoms with Gasteiger partial charge in [0.15, 0.2) is 5.13 Å². The summed E-state index contributed by atoms with van der Waals surface area (Å²) in [4.78, 5) is 36.3. The largest absolute Gasteiger partial charge is 0.348 e. The molecule has 1 aromatic heterocycles. The molecule has 1 heterocycles. The van der Waals surface area contributed by atoms with E-state index >= 15 is 0 Å². The highest BCUT2D eigenvalue weighted by molar-refractivity contribution is 7.15. The molecule has 0 N–H and O–H groups in total. The van der Waals surface area contributed by atoms with Crippen molar-refractivity contribution >= 4 is 28.3 Å². The highest BCUT2D eigenvalue weighted by atomic mass is 32.1. The summed E-state index contributed by atoms with van der Waals surface area (Å²) in [5.41, 5.74) is 2.21. The third-order valence-electron chi connectivity index (χ3n) is 4.86. The first-order valence-electron chi connectivity index (χ1n) is 9.65. The van der Waals surface area contributed by atoms with E-state index in [1.807, 2.05) is 30.3 Å². The van der Waals surface area contributed by atoms with Crippen LogP contribution in [0, 0.1) is 0 Å². The number of anilines is 1. The molecule has 0 unspecified atom stereocenters. The maximum absolute atomic E-state index is 13.1. The van der Waals surface area contributed by atoms with Crippen LogP contribution in [0.4, 0.5) is 5.13 Å². The lowest BCUT2D eigenvalue weighted by molar-refractivity contribution is -0.130. The Morgan fingerprint density at radius 3 is 2.36 bits per heavy atom. The maximum atomic E-state index is 13.1. The predicted molar refractivity (Wildman–Crippen MR) is 113 cm³/mol. The van der Waals surface area contributed by atoms with Crippen molar-refractivity contribution < 1.29 is 9.59 Å². The molecule has 0 saturated heterocycles. The summed E-state index contributed by atoms with van der Waals surface area (Å²) in [5.74, 6) is -0.0568. The predicted octanol–water partition coefficient (Wildman–Crippen LogP) is 2.58. The lowest BCUT2D eigenvalue weighted by Crippen LogP contribution is -2.42. The van der Waals surface area contributed by atoms with E-state index in [1.165, 1.54) is 16.2 Å². The van der Waals surface area contributed by atoms with Crippen LogP contribution in [0.3, 0.4) is 0 Å². The normalized spacial score (nSPS) is 13.3. The Balaban J connectivity index is 1.78. The van der Waals surface area contributed by atoms with Crippen molar-refractivity contribution in [2.45, 2.75) is 32.2 Å². The van der Waals surface area contributed by atoms with E-state index in [0.29, 0.717) is 6.54 Å². The second-order valence-corrected chi connectivity index (χ2v) is 8.56. The first kappa shape index (κ1) is 20.5. The zero-order valence-electron chi connectivity index (χ0n) is 16.9. The third-order valence-corrected chi connectivity index (χ3v) is 6.04. The number of nitrogens with zero attached hydrogens (tertiary/aromatic N) is 4. The summed E-state index contributed by atoms with van der Waals surface area (Å²) in [6.45, 7) is 0.879. The molecular weight excluding hydrogens is 372 g/mol. The van der Waals surface area contributed by atoms with Crippen LogP contribution in [-0.2, 0) is 29.0 Å². The minimum atomic E-state index is -0.0380. The smallest absolute Gasteiger partial charge is 0.243 e. The van der Waals surface area contributed by atoms with Crippen LogP contribution in [0.2, 0.25) is 0 Å². The van der Waals surface area contributed by atoms with Crippen LogP contribution in [0.25, 0.3) is 0 Å². The van der Waals surface area contributed by atoms with E-state index in [1.54, 1.807) is 42.3 Å². The second-order valence-electron chi connectivity index (χ2n) is 7.50. The minimum absolute atomic E-state index is 0.0189. The molecule has 0 aliphatic heterocycles. The Bertz CT molecular complexity index is 796. The molecule has 0 bridgehead atoms. The average Bonchev–Trinajstić information content (AvgIpc) is 3.10. The topological polar surface area (TPSA) is 56.8 Å². The monoisotopic (exact) mass is 400 g/mol. The van der Waals surface area contributed by atoms with Crippen LogP contribution in [0.15, 0.2) is 30.3 Å². The zero-order valence-corrected chi connectivity index (χ0v) is 17.7. The van der Waals surface area contributed by atoms with Gasteiger partial charge in [-0.1, -0.05) is 30.3 Å². The first-order valence-corrected chi connectivity index (χ1v) is 10.5. The third kappa shape index (κ3) is 5.17. The van der Waals surface area contributed by atoms with E-state index in [0.717, 1.165) is 35.7 Å². The lowest BCUT2D eigenvalue weighted by Gasteiger charge is -2.24. The van der Waals surface area contributed by atoms with E-state index in [9.17, 15) is 9.59 Å². The number of hydrogen-bond acceptors (Lipinski definition) is 5. The minimum Gasteiger partial charge on any atom is -0.348 e. The van der Waals surface area contributed by atoms with Crippen molar-refractivity contribution in [1.29, 1.82) is 0 Å². The summed E-state index contributed by atoms with van der Waals surface area (Å²) in [6.07, 6.45) is 4.41. The number of benzene rings is 1. The van der Waals surface area contributed by atoms with E-state index < -0.39 is 0 Å². The van der Waals surface area contributed by atoms with Crippen LogP contribution in [-0.4, -0.2) is 60.8 Å². The standard InChI is InChI=1S/C21H28N4O2S/c1-23(2)19(26)14-24(3)15-20(27)25(13-16-9-5-4-6-10-16)21-22-17-11-7-8-12-18(17)28-21/h4-6,9-10H,7-8,11-15H2,1-3H3. The molecule has 0 radical (unpaired) electrons. The highest BCUT2D eigenvalue weighted by Gasteiger charge is 2.24. The molecule has 1 aromatic carbocycles. The van der Waals surface area contributed by atoms with Crippen molar-refractivity contribution in [3.05, 3.63) is 46.5 Å². The number of hydrogen-bond donors (Lipinski definition) is 0. The molecule has 7 heteroatoms. The first-order chi connectivity index (χ1) is 13.4. The summed E-state index contributed by atoms with van der Waals surface area (Å²) in [6, 6.07) is 9.97. The molecule has 1 aliphatic carbocycles. The van der Waals surface area contributed by atoms with Crippen LogP contribution >= 0.6 is 11.3 Å². The van der Waals surface area contributed by atoms with Gasteiger partial charge in [0.05, 0.1) is 25.3 Å². The SMILES string of the molecule is CN(CC(=O)N(C)C)CC(=O)N(Cc1ccccc1)c1nc2c(s1)CCCC2. The fourth-order valence-electron chi connectivity index (χ4n) is 3.23. The molecule has 2 amide bonds. The lowest BCUT2D eigenvalue weighted by atomic mass is 10.0. The molecule has 0 fully saturated rings. The molecule has 0 atom stereocenters. The molecular formula is C21H28N4O2S. The summed E-state index contributed by atoms with van der Waals surface area (Å²) in [7, 11) is 5.24. The van der Waals surface area contributed by atoms with Crippen molar-refractivity contribution in [3.63, 3.8) is 0 Å². The van der Waals surface area contributed by atoms with Crippen molar-refractivity contribution in [2.75, 3.05) is 39.1 Å². The van der Waals surface area contributed by atoms with Crippen molar-refractivity contribution in [2.24, 2.45) is 0 Å². The molecule has 150 valence electrons. The van der Waals surface area contributed by atoms with Crippen molar-refractivity contribution in [3.8, 4) is 0 Å². The van der Waals surface area contributed by atoms with Gasteiger partial charge in [-0.2, -0.15) is 0 Å². The molecule has 2 aromatic rings. The number of fused-ring (bicyclic) bond motifs is 1. The molecule has 0 saturated carbocycles. The number of aryl methyl sites for hydroxylation is 2. The number of thiazole rings is 1. The Hall–Kier alpha value is -2.25. The van der Waals surface area contributed by atoms with Gasteiger partial charge >= 0.3 is 0 Å². The summed E-state index contributed by atoms with van der Waals surface area (Å²) < 4.78 is 0. The number of carbonyl (C=O) groups is 2. The number of amides is 2. The Kier molecular flexibility index (Phi) is 6.80. The van der Waals surface area contributed by atoms with Gasteiger partial charge < -0.3 is 4.90 Å².